The molecule has 0 saturated carbocycles. The Kier molecular flexibility index (Phi) is 5.12. The SMILES string of the molecule is Cc1cccc(OCCNCC(C)(O)C(=O)O)c1. The van der Waals surface area contributed by atoms with E-state index in [0.717, 1.165) is 11.3 Å². The normalized spacial score (nSPS) is 13.9. The van der Waals surface area contributed by atoms with Crippen LogP contribution in [0, 0.1) is 6.92 Å². The molecule has 0 spiro atoms. The lowest BCUT2D eigenvalue weighted by Crippen LogP contribution is -2.45. The van der Waals surface area contributed by atoms with Gasteiger partial charge < -0.3 is 20.3 Å². The number of benzene rings is 1. The standard InChI is InChI=1S/C13H19NO4/c1-10-4-3-5-11(8-10)18-7-6-14-9-13(2,17)12(15)16/h3-5,8,14,17H,6-7,9H2,1-2H3,(H,15,16). The average Bonchev–Trinajstić information content (AvgIpc) is 2.28. The van der Waals surface area contributed by atoms with Gasteiger partial charge >= 0.3 is 5.97 Å². The third kappa shape index (κ3) is 4.73. The molecule has 0 heterocycles. The summed E-state index contributed by atoms with van der Waals surface area (Å²) in [5, 5.41) is 21.0. The number of carbonyl (C=O) groups is 1. The third-order valence-corrected chi connectivity index (χ3v) is 2.47. The lowest BCUT2D eigenvalue weighted by molar-refractivity contribution is -0.156. The van der Waals surface area contributed by atoms with Crippen LogP contribution in [0.1, 0.15) is 12.5 Å². The largest absolute Gasteiger partial charge is 0.492 e. The predicted molar refractivity (Wildman–Crippen MR) is 67.8 cm³/mol. The maximum Gasteiger partial charge on any atom is 0.336 e. The summed E-state index contributed by atoms with van der Waals surface area (Å²) < 4.78 is 5.47. The first-order valence-corrected chi connectivity index (χ1v) is 5.78. The number of rotatable bonds is 7. The van der Waals surface area contributed by atoms with Gasteiger partial charge in [0.1, 0.15) is 12.4 Å². The van der Waals surface area contributed by atoms with Crippen LogP contribution in [0.2, 0.25) is 0 Å². The Morgan fingerprint density at radius 3 is 2.83 bits per heavy atom. The molecule has 100 valence electrons. The van der Waals surface area contributed by atoms with Crippen molar-refractivity contribution in [3.05, 3.63) is 29.8 Å². The van der Waals surface area contributed by atoms with Gasteiger partial charge in [-0.3, -0.25) is 0 Å². The van der Waals surface area contributed by atoms with Gasteiger partial charge in [0.05, 0.1) is 0 Å². The molecule has 1 aromatic carbocycles. The van der Waals surface area contributed by atoms with E-state index >= 15 is 0 Å². The van der Waals surface area contributed by atoms with Crippen LogP contribution in [0.15, 0.2) is 24.3 Å². The van der Waals surface area contributed by atoms with E-state index in [1.165, 1.54) is 6.92 Å². The Bertz CT molecular complexity index is 404. The summed E-state index contributed by atoms with van der Waals surface area (Å²) in [6, 6.07) is 7.68. The van der Waals surface area contributed by atoms with Crippen molar-refractivity contribution in [2.45, 2.75) is 19.4 Å². The number of carboxylic acid groups (broad SMARTS) is 1. The first kappa shape index (κ1) is 14.5. The molecule has 0 fully saturated rings. The maximum atomic E-state index is 10.6. The fourth-order valence-corrected chi connectivity index (χ4v) is 1.35. The molecule has 0 radical (unpaired) electrons. The molecule has 1 aromatic rings. The van der Waals surface area contributed by atoms with E-state index in [-0.39, 0.29) is 6.54 Å². The Morgan fingerprint density at radius 1 is 1.50 bits per heavy atom. The molecule has 5 heteroatoms. The summed E-state index contributed by atoms with van der Waals surface area (Å²) in [5.74, 6) is -0.462. The predicted octanol–water partition coefficient (Wildman–Crippen LogP) is 0.799. The fourth-order valence-electron chi connectivity index (χ4n) is 1.35. The zero-order chi connectivity index (χ0) is 13.6. The molecule has 0 aromatic heterocycles. The molecule has 0 aliphatic heterocycles. The van der Waals surface area contributed by atoms with Gasteiger partial charge in [-0.2, -0.15) is 0 Å². The van der Waals surface area contributed by atoms with Gasteiger partial charge in [-0.15, -0.1) is 0 Å². The van der Waals surface area contributed by atoms with Gasteiger partial charge in [-0.05, 0) is 31.5 Å². The van der Waals surface area contributed by atoms with E-state index in [4.69, 9.17) is 9.84 Å². The molecule has 18 heavy (non-hydrogen) atoms. The Balaban J connectivity index is 2.22. The number of ether oxygens (including phenoxy) is 1. The number of hydrogen-bond acceptors (Lipinski definition) is 4. The summed E-state index contributed by atoms with van der Waals surface area (Å²) in [7, 11) is 0. The number of aryl methyl sites for hydroxylation is 1. The highest BCUT2D eigenvalue weighted by Crippen LogP contribution is 2.11. The van der Waals surface area contributed by atoms with Gasteiger partial charge in [-0.1, -0.05) is 12.1 Å². The van der Waals surface area contributed by atoms with Crippen LogP contribution in [0.25, 0.3) is 0 Å². The first-order valence-electron chi connectivity index (χ1n) is 5.78. The van der Waals surface area contributed by atoms with Crippen molar-refractivity contribution in [3.8, 4) is 5.75 Å². The average molecular weight is 253 g/mol. The highest BCUT2D eigenvalue weighted by Gasteiger charge is 2.28. The van der Waals surface area contributed by atoms with E-state index in [2.05, 4.69) is 5.32 Å². The van der Waals surface area contributed by atoms with Gasteiger partial charge in [0, 0.05) is 13.1 Å². The van der Waals surface area contributed by atoms with Crippen molar-refractivity contribution in [2.75, 3.05) is 19.7 Å². The Morgan fingerprint density at radius 2 is 2.22 bits per heavy atom. The first-order chi connectivity index (χ1) is 8.42. The minimum Gasteiger partial charge on any atom is -0.492 e. The van der Waals surface area contributed by atoms with E-state index in [1.807, 2.05) is 31.2 Å². The summed E-state index contributed by atoms with van der Waals surface area (Å²) >= 11 is 0. The smallest absolute Gasteiger partial charge is 0.336 e. The highest BCUT2D eigenvalue weighted by molar-refractivity contribution is 5.76. The van der Waals surface area contributed by atoms with Crippen molar-refractivity contribution in [1.29, 1.82) is 0 Å². The molecule has 1 unspecified atom stereocenters. The summed E-state index contributed by atoms with van der Waals surface area (Å²) in [6.45, 7) is 4.11. The van der Waals surface area contributed by atoms with Crippen molar-refractivity contribution < 1.29 is 19.7 Å². The number of hydrogen-bond donors (Lipinski definition) is 3. The monoisotopic (exact) mass is 253 g/mol. The van der Waals surface area contributed by atoms with Crippen LogP contribution in [-0.2, 0) is 4.79 Å². The number of nitrogens with one attached hydrogen (secondary N) is 1. The van der Waals surface area contributed by atoms with Crippen LogP contribution in [-0.4, -0.2) is 41.5 Å². The second-order valence-electron chi connectivity index (χ2n) is 4.42. The minimum atomic E-state index is -1.75. The summed E-state index contributed by atoms with van der Waals surface area (Å²) in [6.07, 6.45) is 0. The lowest BCUT2D eigenvalue weighted by atomic mass is 10.1. The zero-order valence-electron chi connectivity index (χ0n) is 10.6. The van der Waals surface area contributed by atoms with Crippen molar-refractivity contribution in [1.82, 2.24) is 5.32 Å². The summed E-state index contributed by atoms with van der Waals surface area (Å²) in [4.78, 5) is 10.6. The van der Waals surface area contributed by atoms with Crippen LogP contribution in [0.4, 0.5) is 0 Å². The second kappa shape index (κ2) is 6.37. The molecule has 0 aliphatic carbocycles. The van der Waals surface area contributed by atoms with Crippen LogP contribution < -0.4 is 10.1 Å². The molecule has 1 atom stereocenters. The minimum absolute atomic E-state index is 0.0144. The number of carboxylic acids is 1. The molecule has 0 amide bonds. The molecule has 5 nitrogen and oxygen atoms in total. The molecular formula is C13H19NO4. The van der Waals surface area contributed by atoms with E-state index in [9.17, 15) is 9.90 Å². The van der Waals surface area contributed by atoms with Crippen LogP contribution in [0.3, 0.4) is 0 Å². The molecule has 0 bridgehead atoms. The maximum absolute atomic E-state index is 10.6. The van der Waals surface area contributed by atoms with E-state index < -0.39 is 11.6 Å². The highest BCUT2D eigenvalue weighted by atomic mass is 16.5. The third-order valence-electron chi connectivity index (χ3n) is 2.47. The van der Waals surface area contributed by atoms with Gasteiger partial charge in [0.2, 0.25) is 0 Å². The number of aliphatic carboxylic acids is 1. The van der Waals surface area contributed by atoms with Crippen molar-refractivity contribution in [2.24, 2.45) is 0 Å². The van der Waals surface area contributed by atoms with E-state index in [0.29, 0.717) is 13.2 Å². The summed E-state index contributed by atoms with van der Waals surface area (Å²) in [5.41, 5.74) is -0.627. The van der Waals surface area contributed by atoms with Crippen molar-refractivity contribution >= 4 is 5.97 Å². The molecule has 0 aliphatic rings. The fraction of sp³-hybridized carbons (Fsp3) is 0.462. The topological polar surface area (TPSA) is 78.8 Å². The molecule has 3 N–H and O–H groups in total. The quantitative estimate of drug-likeness (QED) is 0.626. The van der Waals surface area contributed by atoms with Gasteiger partial charge in [0.25, 0.3) is 0 Å². The molecular weight excluding hydrogens is 234 g/mol. The zero-order valence-corrected chi connectivity index (χ0v) is 10.6. The number of aliphatic hydroxyl groups is 1. The van der Waals surface area contributed by atoms with Crippen LogP contribution >= 0.6 is 0 Å². The Labute approximate surface area is 106 Å². The second-order valence-corrected chi connectivity index (χ2v) is 4.42. The van der Waals surface area contributed by atoms with E-state index in [1.54, 1.807) is 0 Å². The van der Waals surface area contributed by atoms with Gasteiger partial charge in [0.15, 0.2) is 5.60 Å². The van der Waals surface area contributed by atoms with Crippen LogP contribution in [0.5, 0.6) is 5.75 Å². The Hall–Kier alpha value is -1.59. The van der Waals surface area contributed by atoms with Gasteiger partial charge in [-0.25, -0.2) is 4.79 Å². The molecule has 1 rings (SSSR count). The van der Waals surface area contributed by atoms with Crippen molar-refractivity contribution in [3.63, 3.8) is 0 Å². The lowest BCUT2D eigenvalue weighted by Gasteiger charge is -2.18. The molecule has 0 saturated heterocycles.